The first-order valence-electron chi connectivity index (χ1n) is 7.20. The Labute approximate surface area is 134 Å². The van der Waals surface area contributed by atoms with Gasteiger partial charge in [0.25, 0.3) is 0 Å². The van der Waals surface area contributed by atoms with E-state index in [0.717, 1.165) is 5.56 Å². The van der Waals surface area contributed by atoms with Gasteiger partial charge in [-0.05, 0) is 17.7 Å². The maximum Gasteiger partial charge on any atom is 0.321 e. The number of halogens is 1. The highest BCUT2D eigenvalue weighted by Gasteiger charge is 2.15. The lowest BCUT2D eigenvalue weighted by molar-refractivity contribution is 0.202. The highest BCUT2D eigenvalue weighted by molar-refractivity contribution is 5.91. The molecule has 2 amide bonds. The zero-order chi connectivity index (χ0) is 16.7. The van der Waals surface area contributed by atoms with Crippen LogP contribution in [0.2, 0.25) is 0 Å². The van der Waals surface area contributed by atoms with Gasteiger partial charge in [-0.1, -0.05) is 36.4 Å². The number of hydrogen-bond acceptors (Lipinski definition) is 3. The fourth-order valence-corrected chi connectivity index (χ4v) is 1.94. The second-order valence-electron chi connectivity index (χ2n) is 4.96. The Balaban J connectivity index is 2.11. The molecular formula is C17H19FN2O3. The summed E-state index contributed by atoms with van der Waals surface area (Å²) in [7, 11) is 1.51. The fourth-order valence-electron chi connectivity index (χ4n) is 1.94. The smallest absolute Gasteiger partial charge is 0.321 e. The van der Waals surface area contributed by atoms with E-state index in [9.17, 15) is 9.18 Å². The number of urea groups is 1. The number of carbonyl (C=O) groups excluding carboxylic acids is 1. The molecule has 2 aromatic rings. The average Bonchev–Trinajstić information content (AvgIpc) is 2.56. The molecule has 0 saturated carbocycles. The Hall–Kier alpha value is -2.60. The second kappa shape index (κ2) is 8.14. The van der Waals surface area contributed by atoms with E-state index in [0.29, 0.717) is 0 Å². The van der Waals surface area contributed by atoms with E-state index in [2.05, 4.69) is 5.32 Å². The van der Waals surface area contributed by atoms with Crippen LogP contribution in [-0.2, 0) is 6.61 Å². The van der Waals surface area contributed by atoms with Crippen molar-refractivity contribution >= 4 is 11.7 Å². The van der Waals surface area contributed by atoms with E-state index in [1.165, 1.54) is 24.1 Å². The van der Waals surface area contributed by atoms with Crippen molar-refractivity contribution in [2.24, 2.45) is 0 Å². The lowest BCUT2D eigenvalue weighted by atomic mass is 10.2. The summed E-state index contributed by atoms with van der Waals surface area (Å²) in [5.74, 6) is -0.332. The number of amides is 2. The van der Waals surface area contributed by atoms with Gasteiger partial charge in [0.2, 0.25) is 0 Å². The van der Waals surface area contributed by atoms with E-state index >= 15 is 0 Å². The summed E-state index contributed by atoms with van der Waals surface area (Å²) in [5.41, 5.74) is 0.921. The molecule has 0 spiro atoms. The van der Waals surface area contributed by atoms with Crippen molar-refractivity contribution in [3.05, 3.63) is 59.9 Å². The normalized spacial score (nSPS) is 10.2. The molecule has 2 aromatic carbocycles. The Morgan fingerprint density at radius 3 is 2.65 bits per heavy atom. The van der Waals surface area contributed by atoms with Crippen LogP contribution in [0.1, 0.15) is 5.56 Å². The molecule has 23 heavy (non-hydrogen) atoms. The molecule has 0 heterocycles. The van der Waals surface area contributed by atoms with Crippen molar-refractivity contribution in [1.29, 1.82) is 0 Å². The number of aliphatic hydroxyl groups excluding tert-OH is 1. The SMILES string of the molecule is CN(CCO)C(=O)Nc1c(F)cccc1OCc1ccccc1. The minimum atomic E-state index is -0.582. The molecule has 2 N–H and O–H groups in total. The summed E-state index contributed by atoms with van der Waals surface area (Å²) in [5, 5.41) is 11.3. The average molecular weight is 318 g/mol. The number of para-hydroxylation sites is 1. The molecule has 0 unspecified atom stereocenters. The standard InChI is InChI=1S/C17H19FN2O3/c1-20(10-11-21)17(22)19-16-14(18)8-5-9-15(16)23-12-13-6-3-2-4-7-13/h2-9,21H,10-12H2,1H3,(H,19,22). The van der Waals surface area contributed by atoms with Gasteiger partial charge < -0.3 is 20.1 Å². The van der Waals surface area contributed by atoms with E-state index < -0.39 is 11.8 Å². The number of nitrogens with one attached hydrogen (secondary N) is 1. The predicted molar refractivity (Wildman–Crippen MR) is 85.9 cm³/mol. The van der Waals surface area contributed by atoms with Gasteiger partial charge >= 0.3 is 6.03 Å². The van der Waals surface area contributed by atoms with Crippen LogP contribution in [0.3, 0.4) is 0 Å². The summed E-state index contributed by atoms with van der Waals surface area (Å²) in [6.45, 7) is 0.249. The van der Waals surface area contributed by atoms with Crippen LogP contribution in [0, 0.1) is 5.82 Å². The fraction of sp³-hybridized carbons (Fsp3) is 0.235. The van der Waals surface area contributed by atoms with E-state index in [1.54, 1.807) is 6.07 Å². The molecule has 0 atom stereocenters. The zero-order valence-corrected chi connectivity index (χ0v) is 12.8. The molecular weight excluding hydrogens is 299 g/mol. The lowest BCUT2D eigenvalue weighted by Crippen LogP contribution is -2.33. The molecule has 2 rings (SSSR count). The minimum absolute atomic E-state index is 0.0155. The Kier molecular flexibility index (Phi) is 5.94. The van der Waals surface area contributed by atoms with Crippen molar-refractivity contribution in [2.75, 3.05) is 25.5 Å². The number of likely N-dealkylation sites (N-methyl/N-ethyl adjacent to an activating group) is 1. The molecule has 0 aliphatic heterocycles. The van der Waals surface area contributed by atoms with Crippen LogP contribution in [0.4, 0.5) is 14.9 Å². The van der Waals surface area contributed by atoms with Gasteiger partial charge in [-0.2, -0.15) is 0 Å². The van der Waals surface area contributed by atoms with E-state index in [1.807, 2.05) is 30.3 Å². The molecule has 0 bridgehead atoms. The first-order chi connectivity index (χ1) is 11.1. The second-order valence-corrected chi connectivity index (χ2v) is 4.96. The summed E-state index contributed by atoms with van der Waals surface area (Å²) in [6.07, 6.45) is 0. The predicted octanol–water partition coefficient (Wildman–Crippen LogP) is 2.86. The number of hydrogen-bond donors (Lipinski definition) is 2. The number of carbonyl (C=O) groups is 1. The van der Waals surface area contributed by atoms with Crippen LogP contribution in [0.5, 0.6) is 5.75 Å². The van der Waals surface area contributed by atoms with Crippen molar-refractivity contribution in [2.45, 2.75) is 6.61 Å². The molecule has 0 fully saturated rings. The summed E-state index contributed by atoms with van der Waals surface area (Å²) in [4.78, 5) is 13.2. The number of rotatable bonds is 6. The van der Waals surface area contributed by atoms with Crippen molar-refractivity contribution in [1.82, 2.24) is 4.90 Å². The van der Waals surface area contributed by atoms with Gasteiger partial charge in [-0.3, -0.25) is 0 Å². The summed E-state index contributed by atoms with van der Waals surface area (Å²) >= 11 is 0. The first-order valence-corrected chi connectivity index (χ1v) is 7.20. The molecule has 122 valence electrons. The third-order valence-corrected chi connectivity index (χ3v) is 3.23. The maximum absolute atomic E-state index is 14.0. The van der Waals surface area contributed by atoms with Crippen molar-refractivity contribution < 1.29 is 19.0 Å². The maximum atomic E-state index is 14.0. The topological polar surface area (TPSA) is 61.8 Å². The highest BCUT2D eigenvalue weighted by atomic mass is 19.1. The van der Waals surface area contributed by atoms with Gasteiger partial charge in [0.05, 0.1) is 6.61 Å². The molecule has 0 aliphatic carbocycles. The first kappa shape index (κ1) is 16.8. The number of ether oxygens (including phenoxy) is 1. The minimum Gasteiger partial charge on any atom is -0.487 e. The van der Waals surface area contributed by atoms with Gasteiger partial charge in [-0.25, -0.2) is 9.18 Å². The highest BCUT2D eigenvalue weighted by Crippen LogP contribution is 2.28. The number of benzene rings is 2. The number of aliphatic hydroxyl groups is 1. The van der Waals surface area contributed by atoms with Gasteiger partial charge in [0.15, 0.2) is 5.82 Å². The monoisotopic (exact) mass is 318 g/mol. The van der Waals surface area contributed by atoms with Crippen LogP contribution >= 0.6 is 0 Å². The third-order valence-electron chi connectivity index (χ3n) is 3.23. The zero-order valence-electron chi connectivity index (χ0n) is 12.8. The number of anilines is 1. The van der Waals surface area contributed by atoms with Gasteiger partial charge in [-0.15, -0.1) is 0 Å². The molecule has 0 aliphatic rings. The largest absolute Gasteiger partial charge is 0.487 e. The van der Waals surface area contributed by atoms with Crippen LogP contribution in [0.15, 0.2) is 48.5 Å². The third kappa shape index (κ3) is 4.69. The molecule has 6 heteroatoms. The van der Waals surface area contributed by atoms with Gasteiger partial charge in [0.1, 0.15) is 18.0 Å². The van der Waals surface area contributed by atoms with E-state index in [-0.39, 0.29) is 31.2 Å². The van der Waals surface area contributed by atoms with Gasteiger partial charge in [0, 0.05) is 13.6 Å². The Bertz CT molecular complexity index is 650. The summed E-state index contributed by atoms with van der Waals surface area (Å²) < 4.78 is 19.6. The van der Waals surface area contributed by atoms with Crippen molar-refractivity contribution in [3.8, 4) is 5.75 Å². The Morgan fingerprint density at radius 2 is 1.96 bits per heavy atom. The summed E-state index contributed by atoms with van der Waals surface area (Å²) in [6, 6.07) is 13.3. The van der Waals surface area contributed by atoms with Crippen LogP contribution < -0.4 is 10.1 Å². The van der Waals surface area contributed by atoms with Crippen LogP contribution in [0.25, 0.3) is 0 Å². The molecule has 5 nitrogen and oxygen atoms in total. The molecule has 0 aromatic heterocycles. The van der Waals surface area contributed by atoms with E-state index in [4.69, 9.17) is 9.84 Å². The number of nitrogens with zero attached hydrogens (tertiary/aromatic N) is 1. The lowest BCUT2D eigenvalue weighted by Gasteiger charge is -2.18. The quantitative estimate of drug-likeness (QED) is 0.861. The Morgan fingerprint density at radius 1 is 1.22 bits per heavy atom. The van der Waals surface area contributed by atoms with Crippen molar-refractivity contribution in [3.63, 3.8) is 0 Å². The van der Waals surface area contributed by atoms with Crippen LogP contribution in [-0.4, -0.2) is 36.2 Å². The molecule has 0 radical (unpaired) electrons. The molecule has 0 saturated heterocycles.